The number of unbranched alkanes of at least 4 members (excludes halogenated alkanes) is 2. The molecule has 0 saturated heterocycles. The molecule has 1 saturated carbocycles. The fraction of sp³-hybridized carbons (Fsp3) is 1.00. The molecule has 90 valence electrons. The fourth-order valence-corrected chi connectivity index (χ4v) is 3.18. The van der Waals surface area contributed by atoms with Gasteiger partial charge in [-0.2, -0.15) is 0 Å². The third kappa shape index (κ3) is 5.94. The van der Waals surface area contributed by atoms with Gasteiger partial charge in [0.25, 0.3) is 0 Å². The van der Waals surface area contributed by atoms with Gasteiger partial charge in [0.05, 0.1) is 0 Å². The van der Waals surface area contributed by atoms with Crippen LogP contribution in [-0.2, 0) is 0 Å². The predicted molar refractivity (Wildman–Crippen MR) is 72.6 cm³/mol. The lowest BCUT2D eigenvalue weighted by Gasteiger charge is -2.28. The van der Waals surface area contributed by atoms with Gasteiger partial charge < -0.3 is 0 Å². The summed E-state index contributed by atoms with van der Waals surface area (Å²) in [4.78, 5) is 0. The van der Waals surface area contributed by atoms with Crippen LogP contribution in [0.2, 0.25) is 0 Å². The first kappa shape index (κ1) is 13.5. The SMILES string of the molecule is CCCCCC1CCC(CCCBr)CC1. The van der Waals surface area contributed by atoms with E-state index in [0.29, 0.717) is 0 Å². The van der Waals surface area contributed by atoms with Gasteiger partial charge in [-0.15, -0.1) is 0 Å². The molecular formula is C14H27Br. The second-order valence-corrected chi connectivity index (χ2v) is 6.01. The summed E-state index contributed by atoms with van der Waals surface area (Å²) in [6.45, 7) is 2.30. The maximum absolute atomic E-state index is 3.53. The number of hydrogen-bond acceptors (Lipinski definition) is 0. The molecular weight excluding hydrogens is 248 g/mol. The van der Waals surface area contributed by atoms with Crippen LogP contribution in [0.1, 0.15) is 71.1 Å². The van der Waals surface area contributed by atoms with Gasteiger partial charge in [-0.1, -0.05) is 74.2 Å². The van der Waals surface area contributed by atoms with Crippen molar-refractivity contribution in [1.82, 2.24) is 0 Å². The van der Waals surface area contributed by atoms with Crippen LogP contribution in [0.5, 0.6) is 0 Å². The van der Waals surface area contributed by atoms with Gasteiger partial charge in [-0.3, -0.25) is 0 Å². The third-order valence-electron chi connectivity index (χ3n) is 3.93. The van der Waals surface area contributed by atoms with E-state index < -0.39 is 0 Å². The minimum Gasteiger partial charge on any atom is -0.0928 e. The molecule has 1 heteroatoms. The molecule has 0 radical (unpaired) electrons. The Morgan fingerprint density at radius 3 is 1.87 bits per heavy atom. The zero-order chi connectivity index (χ0) is 10.9. The predicted octanol–water partition coefficient (Wildman–Crippen LogP) is 5.55. The van der Waals surface area contributed by atoms with E-state index in [1.54, 1.807) is 0 Å². The van der Waals surface area contributed by atoms with Crippen LogP contribution in [0.4, 0.5) is 0 Å². The average Bonchev–Trinajstić information content (AvgIpc) is 2.28. The Hall–Kier alpha value is 0.480. The zero-order valence-corrected chi connectivity index (χ0v) is 11.9. The first-order valence-corrected chi connectivity index (χ1v) is 8.05. The Balaban J connectivity index is 2.02. The molecule has 1 rings (SSSR count). The van der Waals surface area contributed by atoms with Crippen molar-refractivity contribution in [3.05, 3.63) is 0 Å². The standard InChI is InChI=1S/C14H27Br/c1-2-3-4-6-13-8-10-14(11-9-13)7-5-12-15/h13-14H,2-12H2,1H3. The fourth-order valence-electron chi connectivity index (χ4n) is 2.86. The minimum absolute atomic E-state index is 1.06. The van der Waals surface area contributed by atoms with E-state index in [1.165, 1.54) is 69.5 Å². The summed E-state index contributed by atoms with van der Waals surface area (Å²) in [6, 6.07) is 0. The van der Waals surface area contributed by atoms with E-state index in [4.69, 9.17) is 0 Å². The van der Waals surface area contributed by atoms with Crippen LogP contribution < -0.4 is 0 Å². The van der Waals surface area contributed by atoms with Crippen molar-refractivity contribution >= 4 is 15.9 Å². The maximum atomic E-state index is 3.53. The molecule has 0 amide bonds. The largest absolute Gasteiger partial charge is 0.0928 e. The maximum Gasteiger partial charge on any atom is 0.00314 e. The molecule has 0 N–H and O–H groups in total. The molecule has 0 aliphatic heterocycles. The Labute approximate surface area is 104 Å². The van der Waals surface area contributed by atoms with Crippen molar-refractivity contribution in [1.29, 1.82) is 0 Å². The molecule has 1 aliphatic carbocycles. The highest BCUT2D eigenvalue weighted by Crippen LogP contribution is 2.34. The van der Waals surface area contributed by atoms with Gasteiger partial charge >= 0.3 is 0 Å². The van der Waals surface area contributed by atoms with Crippen molar-refractivity contribution in [3.63, 3.8) is 0 Å². The summed E-state index contributed by atoms with van der Waals surface area (Å²) in [5.41, 5.74) is 0. The van der Waals surface area contributed by atoms with Crippen LogP contribution in [0.15, 0.2) is 0 Å². The van der Waals surface area contributed by atoms with Gasteiger partial charge in [0.2, 0.25) is 0 Å². The highest BCUT2D eigenvalue weighted by molar-refractivity contribution is 9.09. The van der Waals surface area contributed by atoms with E-state index in [9.17, 15) is 0 Å². The molecule has 0 atom stereocenters. The Morgan fingerprint density at radius 1 is 0.867 bits per heavy atom. The lowest BCUT2D eigenvalue weighted by molar-refractivity contribution is 0.248. The first-order valence-electron chi connectivity index (χ1n) is 6.92. The average molecular weight is 275 g/mol. The topological polar surface area (TPSA) is 0 Å². The van der Waals surface area contributed by atoms with Gasteiger partial charge in [-0.25, -0.2) is 0 Å². The second kappa shape index (κ2) is 8.61. The molecule has 0 aromatic heterocycles. The number of hydrogen-bond donors (Lipinski definition) is 0. The van der Waals surface area contributed by atoms with E-state index in [1.807, 2.05) is 0 Å². The van der Waals surface area contributed by atoms with Crippen LogP contribution >= 0.6 is 15.9 Å². The molecule has 1 fully saturated rings. The zero-order valence-electron chi connectivity index (χ0n) is 10.3. The molecule has 0 aromatic rings. The van der Waals surface area contributed by atoms with E-state index >= 15 is 0 Å². The summed E-state index contributed by atoms with van der Waals surface area (Å²) < 4.78 is 0. The summed E-state index contributed by atoms with van der Waals surface area (Å²) in [5, 5.41) is 1.20. The molecule has 1 aliphatic rings. The van der Waals surface area contributed by atoms with Crippen LogP contribution in [-0.4, -0.2) is 5.33 Å². The minimum atomic E-state index is 1.06. The van der Waals surface area contributed by atoms with Gasteiger partial charge in [-0.05, 0) is 24.7 Å². The van der Waals surface area contributed by atoms with Crippen LogP contribution in [0.25, 0.3) is 0 Å². The lowest BCUT2D eigenvalue weighted by Crippen LogP contribution is -2.14. The van der Waals surface area contributed by atoms with Crippen LogP contribution in [0, 0.1) is 11.8 Å². The summed E-state index contributed by atoms with van der Waals surface area (Å²) in [7, 11) is 0. The Kier molecular flexibility index (Phi) is 7.78. The van der Waals surface area contributed by atoms with E-state index in [2.05, 4.69) is 22.9 Å². The van der Waals surface area contributed by atoms with Crippen molar-refractivity contribution in [2.45, 2.75) is 71.1 Å². The highest BCUT2D eigenvalue weighted by atomic mass is 79.9. The van der Waals surface area contributed by atoms with Gasteiger partial charge in [0.1, 0.15) is 0 Å². The molecule has 0 spiro atoms. The van der Waals surface area contributed by atoms with Crippen molar-refractivity contribution < 1.29 is 0 Å². The monoisotopic (exact) mass is 274 g/mol. The molecule has 15 heavy (non-hydrogen) atoms. The lowest BCUT2D eigenvalue weighted by atomic mass is 9.78. The van der Waals surface area contributed by atoms with Crippen molar-refractivity contribution in [2.75, 3.05) is 5.33 Å². The molecule has 0 heterocycles. The van der Waals surface area contributed by atoms with Crippen molar-refractivity contribution in [2.24, 2.45) is 11.8 Å². The van der Waals surface area contributed by atoms with Gasteiger partial charge in [0.15, 0.2) is 0 Å². The molecule has 0 aromatic carbocycles. The quantitative estimate of drug-likeness (QED) is 0.422. The van der Waals surface area contributed by atoms with Crippen molar-refractivity contribution in [3.8, 4) is 0 Å². The Bertz CT molecular complexity index is 136. The van der Waals surface area contributed by atoms with E-state index in [0.717, 1.165) is 11.8 Å². The highest BCUT2D eigenvalue weighted by Gasteiger charge is 2.20. The van der Waals surface area contributed by atoms with Crippen LogP contribution in [0.3, 0.4) is 0 Å². The molecule has 0 unspecified atom stereocenters. The molecule has 0 bridgehead atoms. The first-order chi connectivity index (χ1) is 7.36. The second-order valence-electron chi connectivity index (χ2n) is 5.21. The number of alkyl halides is 1. The third-order valence-corrected chi connectivity index (χ3v) is 4.49. The smallest absolute Gasteiger partial charge is 0.00314 e. The summed E-state index contributed by atoms with van der Waals surface area (Å²) >= 11 is 3.53. The number of halogens is 1. The normalized spacial score (nSPS) is 26.8. The molecule has 0 nitrogen and oxygen atoms in total. The van der Waals surface area contributed by atoms with E-state index in [-0.39, 0.29) is 0 Å². The Morgan fingerprint density at radius 2 is 1.40 bits per heavy atom. The summed E-state index contributed by atoms with van der Waals surface area (Å²) in [6.07, 6.45) is 14.7. The summed E-state index contributed by atoms with van der Waals surface area (Å²) in [5.74, 6) is 2.14. The van der Waals surface area contributed by atoms with Gasteiger partial charge in [0, 0.05) is 5.33 Å². The number of rotatable bonds is 7.